The molecular weight excluding hydrogens is 463 g/mol. The summed E-state index contributed by atoms with van der Waals surface area (Å²) < 4.78 is 20.8. The van der Waals surface area contributed by atoms with Crippen LogP contribution >= 0.6 is 23.4 Å². The molecule has 9 heteroatoms. The van der Waals surface area contributed by atoms with E-state index >= 15 is 0 Å². The van der Waals surface area contributed by atoms with Gasteiger partial charge in [0.25, 0.3) is 0 Å². The van der Waals surface area contributed by atoms with Crippen LogP contribution in [0.15, 0.2) is 65.0 Å². The lowest BCUT2D eigenvalue weighted by molar-refractivity contribution is -0.139. The molecule has 0 amide bonds. The lowest BCUT2D eigenvalue weighted by Crippen LogP contribution is -2.29. The SMILES string of the molecule is CCCCOC(=O)C1=C(C)Nc2nc(SCc3ccccc3Cl)nn2C1c1ccc(F)cc1. The number of nitrogens with one attached hydrogen (secondary N) is 1. The maximum atomic E-state index is 13.6. The highest BCUT2D eigenvalue weighted by Gasteiger charge is 2.35. The highest BCUT2D eigenvalue weighted by molar-refractivity contribution is 7.98. The summed E-state index contributed by atoms with van der Waals surface area (Å²) >= 11 is 7.72. The minimum atomic E-state index is -0.585. The summed E-state index contributed by atoms with van der Waals surface area (Å²) in [6.45, 7) is 4.18. The number of unbranched alkanes of at least 4 members (excludes halogenated alkanes) is 1. The molecule has 2 aromatic carbocycles. The van der Waals surface area contributed by atoms with Crippen LogP contribution in [0.25, 0.3) is 0 Å². The van der Waals surface area contributed by atoms with Gasteiger partial charge < -0.3 is 10.1 Å². The highest BCUT2D eigenvalue weighted by atomic mass is 35.5. The Kier molecular flexibility index (Phi) is 7.35. The Hall–Kier alpha value is -2.84. The van der Waals surface area contributed by atoms with E-state index in [1.807, 2.05) is 38.1 Å². The number of halogens is 2. The molecule has 0 radical (unpaired) electrons. The molecule has 0 spiro atoms. The van der Waals surface area contributed by atoms with Crippen molar-refractivity contribution in [2.75, 3.05) is 11.9 Å². The molecular formula is C24H24ClFN4O2S. The molecule has 33 heavy (non-hydrogen) atoms. The first kappa shape index (κ1) is 23.3. The Bertz CT molecular complexity index is 1180. The molecule has 3 aromatic rings. The third-order valence-electron chi connectivity index (χ3n) is 5.28. The molecule has 2 heterocycles. The number of thioether (sulfide) groups is 1. The number of hydrogen-bond donors (Lipinski definition) is 1. The van der Waals surface area contributed by atoms with Crippen molar-refractivity contribution in [1.29, 1.82) is 0 Å². The molecule has 0 saturated heterocycles. The second kappa shape index (κ2) is 10.4. The topological polar surface area (TPSA) is 69.0 Å². The monoisotopic (exact) mass is 486 g/mol. The predicted molar refractivity (Wildman–Crippen MR) is 128 cm³/mol. The average molecular weight is 487 g/mol. The van der Waals surface area contributed by atoms with Gasteiger partial charge in [-0.2, -0.15) is 4.98 Å². The molecule has 1 N–H and O–H groups in total. The van der Waals surface area contributed by atoms with Gasteiger partial charge in [0.2, 0.25) is 11.1 Å². The predicted octanol–water partition coefficient (Wildman–Crippen LogP) is 6.00. The number of nitrogens with zero attached hydrogens (tertiary/aromatic N) is 3. The van der Waals surface area contributed by atoms with Gasteiger partial charge in [0.1, 0.15) is 11.9 Å². The van der Waals surface area contributed by atoms with E-state index in [1.165, 1.54) is 23.9 Å². The first-order valence-corrected chi connectivity index (χ1v) is 12.1. The van der Waals surface area contributed by atoms with E-state index in [1.54, 1.807) is 16.8 Å². The van der Waals surface area contributed by atoms with E-state index < -0.39 is 12.0 Å². The van der Waals surface area contributed by atoms with Crippen LogP contribution in [0.5, 0.6) is 0 Å². The number of aromatic nitrogens is 3. The van der Waals surface area contributed by atoms with Crippen LogP contribution in [-0.2, 0) is 15.3 Å². The van der Waals surface area contributed by atoms with Crippen molar-refractivity contribution in [3.05, 3.63) is 81.8 Å². The van der Waals surface area contributed by atoms with Gasteiger partial charge >= 0.3 is 5.97 Å². The molecule has 172 valence electrons. The molecule has 1 aromatic heterocycles. The number of carbonyl (C=O) groups is 1. The number of anilines is 1. The Labute approximate surface area is 201 Å². The fourth-order valence-electron chi connectivity index (χ4n) is 3.55. The molecule has 1 atom stereocenters. The number of rotatable bonds is 8. The van der Waals surface area contributed by atoms with Gasteiger partial charge in [0.15, 0.2) is 0 Å². The van der Waals surface area contributed by atoms with Crippen LogP contribution in [0.4, 0.5) is 10.3 Å². The molecule has 0 aliphatic carbocycles. The van der Waals surface area contributed by atoms with Crippen LogP contribution in [0, 0.1) is 5.82 Å². The molecule has 0 bridgehead atoms. The molecule has 0 saturated carbocycles. The summed E-state index contributed by atoms with van der Waals surface area (Å²) in [5, 5.41) is 9.07. The van der Waals surface area contributed by atoms with E-state index in [4.69, 9.17) is 16.3 Å². The summed E-state index contributed by atoms with van der Waals surface area (Å²) in [6, 6.07) is 13.1. The summed E-state index contributed by atoms with van der Waals surface area (Å²) in [7, 11) is 0. The zero-order valence-corrected chi connectivity index (χ0v) is 19.9. The van der Waals surface area contributed by atoms with E-state index in [9.17, 15) is 9.18 Å². The lowest BCUT2D eigenvalue weighted by Gasteiger charge is -2.28. The van der Waals surface area contributed by atoms with Crippen molar-refractivity contribution >= 4 is 35.3 Å². The number of allylic oxidation sites excluding steroid dienone is 1. The quantitative estimate of drug-likeness (QED) is 0.239. The van der Waals surface area contributed by atoms with Crippen LogP contribution < -0.4 is 5.32 Å². The largest absolute Gasteiger partial charge is 0.462 e. The first-order valence-electron chi connectivity index (χ1n) is 10.7. The smallest absolute Gasteiger partial charge is 0.338 e. The number of esters is 1. The maximum Gasteiger partial charge on any atom is 0.338 e. The average Bonchev–Trinajstić information content (AvgIpc) is 3.20. The van der Waals surface area contributed by atoms with Crippen LogP contribution in [0.1, 0.15) is 43.9 Å². The van der Waals surface area contributed by atoms with Crippen molar-refractivity contribution < 1.29 is 13.9 Å². The van der Waals surface area contributed by atoms with Gasteiger partial charge in [-0.3, -0.25) is 0 Å². The summed E-state index contributed by atoms with van der Waals surface area (Å²) in [4.78, 5) is 17.6. The minimum absolute atomic E-state index is 0.339. The van der Waals surface area contributed by atoms with Crippen LogP contribution in [0.3, 0.4) is 0 Å². The van der Waals surface area contributed by atoms with E-state index in [-0.39, 0.29) is 5.82 Å². The number of hydrogen-bond acceptors (Lipinski definition) is 6. The van der Waals surface area contributed by atoms with E-state index in [0.717, 1.165) is 18.4 Å². The fourth-order valence-corrected chi connectivity index (χ4v) is 4.67. The van der Waals surface area contributed by atoms with Gasteiger partial charge in [-0.15, -0.1) is 5.10 Å². The highest BCUT2D eigenvalue weighted by Crippen LogP contribution is 2.37. The molecule has 4 rings (SSSR count). The number of carbonyl (C=O) groups excluding carboxylic acids is 1. The van der Waals surface area contributed by atoms with Crippen molar-refractivity contribution in [2.45, 2.75) is 43.6 Å². The maximum absolute atomic E-state index is 13.6. The van der Waals surface area contributed by atoms with Crippen LogP contribution in [-0.4, -0.2) is 27.3 Å². The molecule has 1 aliphatic heterocycles. The molecule has 1 aliphatic rings. The van der Waals surface area contributed by atoms with Crippen molar-refractivity contribution in [3.8, 4) is 0 Å². The Balaban J connectivity index is 1.66. The lowest BCUT2D eigenvalue weighted by atomic mass is 9.96. The van der Waals surface area contributed by atoms with Gasteiger partial charge in [-0.25, -0.2) is 13.9 Å². The zero-order valence-electron chi connectivity index (χ0n) is 18.3. The number of fused-ring (bicyclic) bond motifs is 1. The normalized spacial score (nSPS) is 15.2. The zero-order chi connectivity index (χ0) is 23.4. The second-order valence-electron chi connectivity index (χ2n) is 7.65. The van der Waals surface area contributed by atoms with Crippen molar-refractivity contribution in [3.63, 3.8) is 0 Å². The first-order chi connectivity index (χ1) is 16.0. The number of ether oxygens (including phenoxy) is 1. The second-order valence-corrected chi connectivity index (χ2v) is 9.00. The molecule has 6 nitrogen and oxygen atoms in total. The van der Waals surface area contributed by atoms with Gasteiger partial charge in [-0.05, 0) is 42.7 Å². The van der Waals surface area contributed by atoms with Gasteiger partial charge in [0.05, 0.1) is 12.2 Å². The summed E-state index contributed by atoms with van der Waals surface area (Å²) in [6.07, 6.45) is 1.70. The Morgan fingerprint density at radius 3 is 2.73 bits per heavy atom. The standard InChI is InChI=1S/C24H24ClFN4O2S/c1-3-4-13-32-22(31)20-15(2)27-23-28-24(33-14-17-7-5-6-8-19(17)25)29-30(23)21(20)16-9-11-18(26)12-10-16/h5-12,21H,3-4,13-14H2,1-2H3,(H,27,28,29). The third-order valence-corrected chi connectivity index (χ3v) is 6.54. The Morgan fingerprint density at radius 2 is 2.00 bits per heavy atom. The van der Waals surface area contributed by atoms with E-state index in [2.05, 4.69) is 15.4 Å². The molecule has 0 fully saturated rings. The summed E-state index contributed by atoms with van der Waals surface area (Å²) in [5.74, 6) is 0.334. The van der Waals surface area contributed by atoms with Crippen molar-refractivity contribution in [1.82, 2.24) is 14.8 Å². The summed E-state index contributed by atoms with van der Waals surface area (Å²) in [5.41, 5.74) is 2.76. The van der Waals surface area contributed by atoms with Gasteiger partial charge in [-0.1, -0.05) is 67.0 Å². The number of benzene rings is 2. The van der Waals surface area contributed by atoms with Gasteiger partial charge in [0, 0.05) is 16.5 Å². The molecule has 1 unspecified atom stereocenters. The third kappa shape index (κ3) is 5.23. The Morgan fingerprint density at radius 1 is 1.24 bits per heavy atom. The fraction of sp³-hybridized carbons (Fsp3) is 0.292. The van der Waals surface area contributed by atoms with E-state index in [0.29, 0.717) is 45.3 Å². The van der Waals surface area contributed by atoms with Crippen LogP contribution in [0.2, 0.25) is 5.02 Å². The minimum Gasteiger partial charge on any atom is -0.462 e. The van der Waals surface area contributed by atoms with Crippen molar-refractivity contribution in [2.24, 2.45) is 0 Å².